The summed E-state index contributed by atoms with van der Waals surface area (Å²) >= 11 is 5.61. The summed E-state index contributed by atoms with van der Waals surface area (Å²) in [4.78, 5) is -0.109. The molecule has 0 saturated heterocycles. The van der Waals surface area contributed by atoms with Gasteiger partial charge < -0.3 is 5.73 Å². The molecule has 0 amide bonds. The van der Waals surface area contributed by atoms with Crippen molar-refractivity contribution in [3.05, 3.63) is 52.8 Å². The van der Waals surface area contributed by atoms with Gasteiger partial charge in [-0.3, -0.25) is 4.72 Å². The molecule has 0 unspecified atom stereocenters. The van der Waals surface area contributed by atoms with E-state index in [0.29, 0.717) is 0 Å². The Morgan fingerprint density at radius 1 is 1.25 bits per heavy atom. The molecule has 0 heterocycles. The largest absolute Gasteiger partial charge is 0.398 e. The van der Waals surface area contributed by atoms with Crippen LogP contribution in [0.2, 0.25) is 5.02 Å². The third kappa shape index (κ3) is 2.86. The third-order valence-electron chi connectivity index (χ3n) is 2.65. The van der Waals surface area contributed by atoms with Gasteiger partial charge in [-0.15, -0.1) is 0 Å². The molecule has 0 aliphatic rings. The van der Waals surface area contributed by atoms with E-state index in [1.54, 1.807) is 13.0 Å². The molecule has 0 fully saturated rings. The predicted octanol–water partition coefficient (Wildman–Crippen LogP) is 3.17. The van der Waals surface area contributed by atoms with Gasteiger partial charge in [0.2, 0.25) is 0 Å². The van der Waals surface area contributed by atoms with Crippen molar-refractivity contribution >= 4 is 33.0 Å². The third-order valence-corrected chi connectivity index (χ3v) is 4.38. The molecule has 0 aliphatic carbocycles. The molecule has 7 heteroatoms. The van der Waals surface area contributed by atoms with Crippen LogP contribution in [0.25, 0.3) is 0 Å². The minimum Gasteiger partial charge on any atom is -0.398 e. The Bertz CT molecular complexity index is 763. The van der Waals surface area contributed by atoms with E-state index in [1.807, 2.05) is 0 Å². The summed E-state index contributed by atoms with van der Waals surface area (Å²) in [6.07, 6.45) is 0. The van der Waals surface area contributed by atoms with Crippen LogP contribution in [0, 0.1) is 12.7 Å². The van der Waals surface area contributed by atoms with Gasteiger partial charge in [0, 0.05) is 0 Å². The molecule has 4 nitrogen and oxygen atoms in total. The second-order valence-electron chi connectivity index (χ2n) is 4.25. The molecular weight excluding hydrogens is 303 g/mol. The summed E-state index contributed by atoms with van der Waals surface area (Å²) in [6.45, 7) is 1.79. The Hall–Kier alpha value is -1.79. The number of aryl methyl sites for hydroxylation is 1. The highest BCUT2D eigenvalue weighted by Crippen LogP contribution is 2.26. The minimum atomic E-state index is -3.97. The standard InChI is InChI=1S/C13H12ClFN2O2S/c1-8-5-6-12(10(16)7-8)20(18,19)17-11-4-2-3-9(14)13(11)15/h2-7,17H,16H2,1H3. The van der Waals surface area contributed by atoms with Crippen LogP contribution in [0.4, 0.5) is 15.8 Å². The number of hydrogen-bond acceptors (Lipinski definition) is 3. The first-order valence-corrected chi connectivity index (χ1v) is 7.50. The number of hydrogen-bond donors (Lipinski definition) is 2. The fraction of sp³-hybridized carbons (Fsp3) is 0.0769. The second-order valence-corrected chi connectivity index (χ2v) is 6.31. The SMILES string of the molecule is Cc1ccc(S(=O)(=O)Nc2cccc(Cl)c2F)c(N)c1. The monoisotopic (exact) mass is 314 g/mol. The average molecular weight is 315 g/mol. The molecular formula is C13H12ClFN2O2S. The number of benzene rings is 2. The van der Waals surface area contributed by atoms with Crippen molar-refractivity contribution in [2.75, 3.05) is 10.5 Å². The maximum Gasteiger partial charge on any atom is 0.264 e. The molecule has 0 saturated carbocycles. The van der Waals surface area contributed by atoms with Crippen LogP contribution < -0.4 is 10.5 Å². The lowest BCUT2D eigenvalue weighted by atomic mass is 10.2. The van der Waals surface area contributed by atoms with Crippen molar-refractivity contribution in [1.29, 1.82) is 0 Å². The number of anilines is 2. The zero-order chi connectivity index (χ0) is 14.9. The van der Waals surface area contributed by atoms with Gasteiger partial charge in [-0.1, -0.05) is 23.7 Å². The summed E-state index contributed by atoms with van der Waals surface area (Å²) in [5.41, 5.74) is 6.39. The second kappa shape index (κ2) is 5.30. The highest BCUT2D eigenvalue weighted by atomic mass is 35.5. The summed E-state index contributed by atoms with van der Waals surface area (Å²) in [5.74, 6) is -0.830. The number of halogens is 2. The molecule has 2 aromatic rings. The number of sulfonamides is 1. The van der Waals surface area contributed by atoms with Crippen molar-refractivity contribution in [2.45, 2.75) is 11.8 Å². The molecule has 0 spiro atoms. The summed E-state index contributed by atoms with van der Waals surface area (Å²) < 4.78 is 40.3. The highest BCUT2D eigenvalue weighted by molar-refractivity contribution is 7.92. The first-order valence-electron chi connectivity index (χ1n) is 5.64. The smallest absolute Gasteiger partial charge is 0.264 e. The Balaban J connectivity index is 2.44. The lowest BCUT2D eigenvalue weighted by molar-refractivity contribution is 0.599. The van der Waals surface area contributed by atoms with Crippen molar-refractivity contribution in [1.82, 2.24) is 0 Å². The quantitative estimate of drug-likeness (QED) is 0.855. The topological polar surface area (TPSA) is 72.2 Å². The maximum atomic E-state index is 13.7. The minimum absolute atomic E-state index is 0.0972. The van der Waals surface area contributed by atoms with E-state index in [4.69, 9.17) is 17.3 Å². The van der Waals surface area contributed by atoms with Crippen molar-refractivity contribution in [3.63, 3.8) is 0 Å². The molecule has 106 valence electrons. The molecule has 0 aromatic heterocycles. The van der Waals surface area contributed by atoms with Crippen LogP contribution in [0.5, 0.6) is 0 Å². The molecule has 2 rings (SSSR count). The Kier molecular flexibility index (Phi) is 3.87. The van der Waals surface area contributed by atoms with Gasteiger partial charge >= 0.3 is 0 Å². The number of rotatable bonds is 3. The lowest BCUT2D eigenvalue weighted by Gasteiger charge is -2.11. The van der Waals surface area contributed by atoms with Gasteiger partial charge in [-0.2, -0.15) is 0 Å². The van der Waals surface area contributed by atoms with Gasteiger partial charge in [-0.25, -0.2) is 12.8 Å². The van der Waals surface area contributed by atoms with Crippen LogP contribution in [0.3, 0.4) is 0 Å². The zero-order valence-corrected chi connectivity index (χ0v) is 12.1. The summed E-state index contributed by atoms with van der Waals surface area (Å²) in [6, 6.07) is 8.57. The molecule has 20 heavy (non-hydrogen) atoms. The van der Waals surface area contributed by atoms with Gasteiger partial charge in [0.15, 0.2) is 5.82 Å². The lowest BCUT2D eigenvalue weighted by Crippen LogP contribution is -2.15. The van der Waals surface area contributed by atoms with Gasteiger partial charge in [0.1, 0.15) is 4.90 Å². The first kappa shape index (κ1) is 14.6. The van der Waals surface area contributed by atoms with E-state index in [-0.39, 0.29) is 21.3 Å². The first-order chi connectivity index (χ1) is 9.31. The summed E-state index contributed by atoms with van der Waals surface area (Å²) in [5, 5.41) is -0.165. The van der Waals surface area contributed by atoms with Crippen molar-refractivity contribution < 1.29 is 12.8 Å². The van der Waals surface area contributed by atoms with Gasteiger partial charge in [0.05, 0.1) is 16.4 Å². The Morgan fingerprint density at radius 2 is 1.95 bits per heavy atom. The average Bonchev–Trinajstić information content (AvgIpc) is 2.34. The fourth-order valence-electron chi connectivity index (χ4n) is 1.69. The normalized spacial score (nSPS) is 11.3. The molecule has 0 radical (unpaired) electrons. The van der Waals surface area contributed by atoms with Crippen LogP contribution in [-0.2, 0) is 10.0 Å². The van der Waals surface area contributed by atoms with E-state index >= 15 is 0 Å². The van der Waals surface area contributed by atoms with E-state index < -0.39 is 15.8 Å². The number of nitrogen functional groups attached to an aromatic ring is 1. The number of nitrogens with one attached hydrogen (secondary N) is 1. The van der Waals surface area contributed by atoms with Crippen molar-refractivity contribution in [3.8, 4) is 0 Å². The maximum absolute atomic E-state index is 13.7. The van der Waals surface area contributed by atoms with E-state index in [9.17, 15) is 12.8 Å². The molecule has 0 atom stereocenters. The fourth-order valence-corrected chi connectivity index (χ4v) is 3.04. The van der Waals surface area contributed by atoms with Crippen LogP contribution in [0.15, 0.2) is 41.3 Å². The van der Waals surface area contributed by atoms with E-state index in [0.717, 1.165) is 5.56 Å². The number of nitrogens with two attached hydrogens (primary N) is 1. The zero-order valence-electron chi connectivity index (χ0n) is 10.5. The molecule has 2 aromatic carbocycles. The van der Waals surface area contributed by atoms with Gasteiger partial charge in [0.25, 0.3) is 10.0 Å². The van der Waals surface area contributed by atoms with Crippen LogP contribution >= 0.6 is 11.6 Å². The molecule has 3 N–H and O–H groups in total. The predicted molar refractivity (Wildman–Crippen MR) is 77.8 cm³/mol. The van der Waals surface area contributed by atoms with Gasteiger partial charge in [-0.05, 0) is 36.8 Å². The summed E-state index contributed by atoms with van der Waals surface area (Å²) in [7, 11) is -3.97. The van der Waals surface area contributed by atoms with E-state index in [1.165, 1.54) is 30.3 Å². The van der Waals surface area contributed by atoms with E-state index in [2.05, 4.69) is 4.72 Å². The van der Waals surface area contributed by atoms with Crippen LogP contribution in [-0.4, -0.2) is 8.42 Å². The van der Waals surface area contributed by atoms with Crippen molar-refractivity contribution in [2.24, 2.45) is 0 Å². The Labute approximate surface area is 121 Å². The molecule has 0 bridgehead atoms. The molecule has 0 aliphatic heterocycles. The Morgan fingerprint density at radius 3 is 2.60 bits per heavy atom. The highest BCUT2D eigenvalue weighted by Gasteiger charge is 2.19. The van der Waals surface area contributed by atoms with Crippen LogP contribution in [0.1, 0.15) is 5.56 Å².